The van der Waals surface area contributed by atoms with E-state index in [0.29, 0.717) is 12.0 Å². The van der Waals surface area contributed by atoms with E-state index in [-0.39, 0.29) is 16.4 Å². The third-order valence-electron chi connectivity index (χ3n) is 3.28. The molecule has 0 aliphatic carbocycles. The Balaban J connectivity index is 1.91. The summed E-state index contributed by atoms with van der Waals surface area (Å²) in [5.74, 6) is 0.343. The molecule has 0 unspecified atom stereocenters. The molecule has 2 aromatic heterocycles. The molecule has 124 valence electrons. The molecule has 0 bridgehead atoms. The number of halogens is 5. The SMILES string of the molecule is FC(F)(F)c1cnc(-c2cc([C@@H](Cl)c3ccccc3)on2)c(Cl)c1. The average molecular weight is 373 g/mol. The van der Waals surface area contributed by atoms with E-state index in [2.05, 4.69) is 10.1 Å². The maximum Gasteiger partial charge on any atom is 0.417 e. The first-order chi connectivity index (χ1) is 11.4. The Labute approximate surface area is 145 Å². The van der Waals surface area contributed by atoms with E-state index >= 15 is 0 Å². The maximum absolute atomic E-state index is 12.6. The molecule has 0 fully saturated rings. The summed E-state index contributed by atoms with van der Waals surface area (Å²) in [6, 6.07) is 11.5. The van der Waals surface area contributed by atoms with E-state index in [1.807, 2.05) is 30.3 Å². The second-order valence-electron chi connectivity index (χ2n) is 4.94. The normalized spacial score (nSPS) is 13.0. The van der Waals surface area contributed by atoms with Gasteiger partial charge in [-0.2, -0.15) is 13.2 Å². The van der Waals surface area contributed by atoms with Crippen LogP contribution >= 0.6 is 23.2 Å². The summed E-state index contributed by atoms with van der Waals surface area (Å²) in [5, 5.41) is 3.04. The minimum absolute atomic E-state index is 0.0941. The first kappa shape index (κ1) is 16.8. The predicted octanol–water partition coefficient (Wildman–Crippen LogP) is 5.74. The molecular weight excluding hydrogens is 364 g/mol. The van der Waals surface area contributed by atoms with Gasteiger partial charge in [-0.1, -0.05) is 47.1 Å². The second kappa shape index (κ2) is 6.45. The summed E-state index contributed by atoms with van der Waals surface area (Å²) in [7, 11) is 0. The van der Waals surface area contributed by atoms with Crippen molar-refractivity contribution in [1.82, 2.24) is 10.1 Å². The van der Waals surface area contributed by atoms with Crippen LogP contribution in [0, 0.1) is 0 Å². The van der Waals surface area contributed by atoms with Crippen LogP contribution in [0.4, 0.5) is 13.2 Å². The van der Waals surface area contributed by atoms with Gasteiger partial charge in [-0.3, -0.25) is 4.98 Å². The van der Waals surface area contributed by atoms with Crippen LogP contribution in [0.25, 0.3) is 11.4 Å². The molecule has 2 heterocycles. The summed E-state index contributed by atoms with van der Waals surface area (Å²) in [5.41, 5.74) is 0.176. The van der Waals surface area contributed by atoms with Crippen LogP contribution in [0.1, 0.15) is 22.3 Å². The van der Waals surface area contributed by atoms with Gasteiger partial charge in [0.05, 0.1) is 10.6 Å². The van der Waals surface area contributed by atoms with Crippen LogP contribution in [-0.2, 0) is 6.18 Å². The lowest BCUT2D eigenvalue weighted by Crippen LogP contribution is -2.05. The highest BCUT2D eigenvalue weighted by molar-refractivity contribution is 6.33. The van der Waals surface area contributed by atoms with Gasteiger partial charge in [0.25, 0.3) is 0 Å². The molecular formula is C16H9Cl2F3N2O. The van der Waals surface area contributed by atoms with E-state index in [9.17, 15) is 13.2 Å². The van der Waals surface area contributed by atoms with Crippen LogP contribution in [0.3, 0.4) is 0 Å². The largest absolute Gasteiger partial charge is 0.417 e. The predicted molar refractivity (Wildman–Crippen MR) is 83.9 cm³/mol. The molecule has 0 amide bonds. The topological polar surface area (TPSA) is 38.9 Å². The van der Waals surface area contributed by atoms with Crippen molar-refractivity contribution in [2.45, 2.75) is 11.6 Å². The lowest BCUT2D eigenvalue weighted by atomic mass is 10.1. The molecule has 3 nitrogen and oxygen atoms in total. The minimum atomic E-state index is -4.52. The Kier molecular flexibility index (Phi) is 4.51. The summed E-state index contributed by atoms with van der Waals surface area (Å²) >= 11 is 12.2. The molecule has 0 aliphatic rings. The molecule has 0 aliphatic heterocycles. The first-order valence-corrected chi connectivity index (χ1v) is 7.56. The number of benzene rings is 1. The molecule has 24 heavy (non-hydrogen) atoms. The van der Waals surface area contributed by atoms with Crippen molar-refractivity contribution < 1.29 is 17.7 Å². The molecule has 0 N–H and O–H groups in total. The number of aromatic nitrogens is 2. The third kappa shape index (κ3) is 3.39. The number of alkyl halides is 4. The lowest BCUT2D eigenvalue weighted by molar-refractivity contribution is -0.137. The van der Waals surface area contributed by atoms with Crippen molar-refractivity contribution in [3.63, 3.8) is 0 Å². The van der Waals surface area contributed by atoms with Crippen molar-refractivity contribution in [3.8, 4) is 11.4 Å². The van der Waals surface area contributed by atoms with Crippen molar-refractivity contribution in [3.05, 3.63) is 70.6 Å². The number of nitrogens with zero attached hydrogens (tertiary/aromatic N) is 2. The third-order valence-corrected chi connectivity index (χ3v) is 4.04. The Morgan fingerprint density at radius 2 is 1.79 bits per heavy atom. The van der Waals surface area contributed by atoms with Crippen molar-refractivity contribution in [2.75, 3.05) is 0 Å². The number of hydrogen-bond acceptors (Lipinski definition) is 3. The number of hydrogen-bond donors (Lipinski definition) is 0. The van der Waals surface area contributed by atoms with E-state index in [1.165, 1.54) is 6.07 Å². The fraction of sp³-hybridized carbons (Fsp3) is 0.125. The summed E-state index contributed by atoms with van der Waals surface area (Å²) in [6.45, 7) is 0. The van der Waals surface area contributed by atoms with Crippen LogP contribution in [-0.4, -0.2) is 10.1 Å². The number of rotatable bonds is 3. The highest BCUT2D eigenvalue weighted by atomic mass is 35.5. The fourth-order valence-corrected chi connectivity index (χ4v) is 2.60. The van der Waals surface area contributed by atoms with Gasteiger partial charge >= 0.3 is 6.18 Å². The Bertz CT molecular complexity index is 850. The Morgan fingerprint density at radius 3 is 2.42 bits per heavy atom. The molecule has 3 rings (SSSR count). The van der Waals surface area contributed by atoms with Crippen LogP contribution in [0.5, 0.6) is 0 Å². The highest BCUT2D eigenvalue weighted by Gasteiger charge is 2.32. The van der Waals surface area contributed by atoms with Gasteiger partial charge in [-0.25, -0.2) is 0 Å². The monoisotopic (exact) mass is 372 g/mol. The van der Waals surface area contributed by atoms with Crippen molar-refractivity contribution in [2.24, 2.45) is 0 Å². The van der Waals surface area contributed by atoms with Gasteiger partial charge in [0, 0.05) is 12.3 Å². The van der Waals surface area contributed by atoms with E-state index in [1.54, 1.807) is 0 Å². The molecule has 1 aromatic carbocycles. The smallest absolute Gasteiger partial charge is 0.359 e. The second-order valence-corrected chi connectivity index (χ2v) is 5.78. The lowest BCUT2D eigenvalue weighted by Gasteiger charge is -2.07. The first-order valence-electron chi connectivity index (χ1n) is 6.75. The summed E-state index contributed by atoms with van der Waals surface area (Å²) < 4.78 is 43.1. The maximum atomic E-state index is 12.6. The number of pyridine rings is 1. The molecule has 0 spiro atoms. The fourth-order valence-electron chi connectivity index (χ4n) is 2.09. The average Bonchev–Trinajstić information content (AvgIpc) is 3.03. The van der Waals surface area contributed by atoms with Gasteiger partial charge in [-0.05, 0) is 11.6 Å². The zero-order valence-corrected chi connectivity index (χ0v) is 13.4. The molecule has 0 saturated heterocycles. The summed E-state index contributed by atoms with van der Waals surface area (Å²) in [6.07, 6.45) is -3.82. The Morgan fingerprint density at radius 1 is 1.08 bits per heavy atom. The van der Waals surface area contributed by atoms with E-state index < -0.39 is 17.1 Å². The summed E-state index contributed by atoms with van der Waals surface area (Å²) in [4.78, 5) is 3.74. The molecule has 0 radical (unpaired) electrons. The van der Waals surface area contributed by atoms with Crippen LogP contribution < -0.4 is 0 Å². The highest BCUT2D eigenvalue weighted by Crippen LogP contribution is 2.35. The zero-order chi connectivity index (χ0) is 17.3. The molecule has 8 heteroatoms. The van der Waals surface area contributed by atoms with E-state index in [0.717, 1.165) is 11.6 Å². The zero-order valence-electron chi connectivity index (χ0n) is 11.9. The quantitative estimate of drug-likeness (QED) is 0.550. The van der Waals surface area contributed by atoms with Gasteiger partial charge in [-0.15, -0.1) is 11.6 Å². The van der Waals surface area contributed by atoms with Crippen molar-refractivity contribution >= 4 is 23.2 Å². The van der Waals surface area contributed by atoms with Crippen LogP contribution in [0.2, 0.25) is 5.02 Å². The minimum Gasteiger partial charge on any atom is -0.359 e. The molecule has 3 aromatic rings. The van der Waals surface area contributed by atoms with Gasteiger partial charge < -0.3 is 4.52 Å². The van der Waals surface area contributed by atoms with E-state index in [4.69, 9.17) is 27.7 Å². The van der Waals surface area contributed by atoms with Crippen LogP contribution in [0.15, 0.2) is 53.2 Å². The van der Waals surface area contributed by atoms with Gasteiger partial charge in [0.2, 0.25) is 0 Å². The van der Waals surface area contributed by atoms with Crippen molar-refractivity contribution in [1.29, 1.82) is 0 Å². The standard InChI is InChI=1S/C16H9Cl2F3N2O/c17-11-6-10(16(19,20)21)8-22-15(11)12-7-13(24-23-12)14(18)9-4-2-1-3-5-9/h1-8,14H/t14-/m0/s1. The molecule has 0 saturated carbocycles. The van der Waals surface area contributed by atoms with Gasteiger partial charge in [0.15, 0.2) is 5.76 Å². The Hall–Kier alpha value is -2.05. The van der Waals surface area contributed by atoms with Gasteiger partial charge in [0.1, 0.15) is 16.8 Å². The molecule has 1 atom stereocenters.